The Morgan fingerprint density at radius 2 is 1.69 bits per heavy atom. The van der Waals surface area contributed by atoms with Gasteiger partial charge in [0.15, 0.2) is 5.96 Å². The van der Waals surface area contributed by atoms with Crippen LogP contribution in [0.3, 0.4) is 0 Å². The van der Waals surface area contributed by atoms with E-state index in [-0.39, 0.29) is 18.3 Å². The van der Waals surface area contributed by atoms with Crippen LogP contribution in [-0.2, 0) is 20.8 Å². The average molecular weight is 362 g/mol. The molecule has 26 heavy (non-hydrogen) atoms. The number of guanidine groups is 1. The van der Waals surface area contributed by atoms with Crippen LogP contribution in [0.15, 0.2) is 35.3 Å². The van der Waals surface area contributed by atoms with E-state index in [0.717, 1.165) is 5.56 Å². The molecule has 9 heteroatoms. The molecule has 0 aliphatic heterocycles. The van der Waals surface area contributed by atoms with Gasteiger partial charge in [0.05, 0.1) is 0 Å². The maximum absolute atomic E-state index is 12.5. The maximum Gasteiger partial charge on any atom is 0.243 e. The van der Waals surface area contributed by atoms with Crippen LogP contribution >= 0.6 is 0 Å². The van der Waals surface area contributed by atoms with Crippen LogP contribution in [0, 0.1) is 0 Å². The van der Waals surface area contributed by atoms with Gasteiger partial charge in [-0.25, -0.2) is 0 Å². The van der Waals surface area contributed by atoms with E-state index < -0.39 is 23.9 Å². The Bertz CT molecular complexity index is 643. The van der Waals surface area contributed by atoms with Gasteiger partial charge in [-0.15, -0.1) is 0 Å². The molecule has 0 unspecified atom stereocenters. The van der Waals surface area contributed by atoms with Crippen molar-refractivity contribution in [3.63, 3.8) is 0 Å². The van der Waals surface area contributed by atoms with Crippen molar-refractivity contribution in [2.24, 2.45) is 22.2 Å². The van der Waals surface area contributed by atoms with Gasteiger partial charge in [-0.1, -0.05) is 30.3 Å². The van der Waals surface area contributed by atoms with Gasteiger partial charge in [0, 0.05) is 19.9 Å². The number of amides is 3. The summed E-state index contributed by atoms with van der Waals surface area (Å²) in [4.78, 5) is 39.4. The third-order valence-electron chi connectivity index (χ3n) is 3.58. The van der Waals surface area contributed by atoms with E-state index in [1.807, 2.05) is 30.3 Å². The highest BCUT2D eigenvalue weighted by atomic mass is 16.2. The first-order valence-corrected chi connectivity index (χ1v) is 8.25. The molecule has 0 heterocycles. The molecule has 3 amide bonds. The van der Waals surface area contributed by atoms with Crippen LogP contribution in [0.1, 0.15) is 25.3 Å². The number of primary amides is 1. The summed E-state index contributed by atoms with van der Waals surface area (Å²) in [5.41, 5.74) is 16.7. The minimum absolute atomic E-state index is 0.0433. The van der Waals surface area contributed by atoms with Gasteiger partial charge in [-0.2, -0.15) is 0 Å². The summed E-state index contributed by atoms with van der Waals surface area (Å²) in [6, 6.07) is 7.56. The van der Waals surface area contributed by atoms with Crippen molar-refractivity contribution in [3.8, 4) is 0 Å². The zero-order valence-electron chi connectivity index (χ0n) is 14.8. The van der Waals surface area contributed by atoms with E-state index in [0.29, 0.717) is 19.4 Å². The monoisotopic (exact) mass is 362 g/mol. The largest absolute Gasteiger partial charge is 0.370 e. The topological polar surface area (TPSA) is 166 Å². The minimum Gasteiger partial charge on any atom is -0.370 e. The molecular weight excluding hydrogens is 336 g/mol. The van der Waals surface area contributed by atoms with E-state index in [1.165, 1.54) is 6.92 Å². The molecule has 0 aromatic heterocycles. The van der Waals surface area contributed by atoms with E-state index in [1.54, 1.807) is 0 Å². The fraction of sp³-hybridized carbons (Fsp3) is 0.412. The summed E-state index contributed by atoms with van der Waals surface area (Å²) in [5.74, 6) is -1.53. The summed E-state index contributed by atoms with van der Waals surface area (Å²) in [5, 5.41) is 5.19. The Hall–Kier alpha value is -3.10. The highest BCUT2D eigenvalue weighted by Crippen LogP contribution is 2.05. The van der Waals surface area contributed by atoms with Gasteiger partial charge in [-0.3, -0.25) is 19.4 Å². The number of carbonyl (C=O) groups excluding carboxylic acids is 3. The van der Waals surface area contributed by atoms with Crippen LogP contribution in [0.4, 0.5) is 0 Å². The van der Waals surface area contributed by atoms with Gasteiger partial charge in [0.25, 0.3) is 0 Å². The number of nitrogens with two attached hydrogens (primary N) is 3. The normalized spacial score (nSPS) is 12.5. The number of aliphatic imine (C=N–C) groups is 1. The lowest BCUT2D eigenvalue weighted by atomic mass is 10.0. The lowest BCUT2D eigenvalue weighted by Gasteiger charge is -2.21. The lowest BCUT2D eigenvalue weighted by molar-refractivity contribution is -0.130. The molecule has 0 saturated carbocycles. The molecule has 1 aromatic carbocycles. The van der Waals surface area contributed by atoms with Crippen molar-refractivity contribution in [3.05, 3.63) is 35.9 Å². The zero-order chi connectivity index (χ0) is 19.5. The van der Waals surface area contributed by atoms with Gasteiger partial charge in [0.2, 0.25) is 17.7 Å². The molecule has 142 valence electrons. The van der Waals surface area contributed by atoms with Crippen molar-refractivity contribution in [2.45, 2.75) is 38.3 Å². The predicted molar refractivity (Wildman–Crippen MR) is 98.8 cm³/mol. The van der Waals surface area contributed by atoms with E-state index >= 15 is 0 Å². The summed E-state index contributed by atoms with van der Waals surface area (Å²) in [7, 11) is 0. The molecule has 1 rings (SSSR count). The Morgan fingerprint density at radius 3 is 2.23 bits per heavy atom. The fourth-order valence-corrected chi connectivity index (χ4v) is 2.37. The predicted octanol–water partition coefficient (Wildman–Crippen LogP) is -1.24. The van der Waals surface area contributed by atoms with Crippen molar-refractivity contribution < 1.29 is 14.4 Å². The highest BCUT2D eigenvalue weighted by molar-refractivity contribution is 5.91. The smallest absolute Gasteiger partial charge is 0.243 e. The molecule has 0 bridgehead atoms. The van der Waals surface area contributed by atoms with Crippen molar-refractivity contribution in [1.82, 2.24) is 10.6 Å². The fourth-order valence-electron chi connectivity index (χ4n) is 2.37. The SMILES string of the molecule is CC(=O)N[C@H](Cc1ccccc1)C(=O)N[C@@H](CCCN=C(N)N)C(N)=O. The summed E-state index contributed by atoms with van der Waals surface area (Å²) in [6.07, 6.45) is 1.05. The van der Waals surface area contributed by atoms with Gasteiger partial charge in [-0.05, 0) is 18.4 Å². The quantitative estimate of drug-likeness (QED) is 0.199. The summed E-state index contributed by atoms with van der Waals surface area (Å²) >= 11 is 0. The van der Waals surface area contributed by atoms with Gasteiger partial charge < -0.3 is 27.8 Å². The first kappa shape index (κ1) is 20.9. The number of benzene rings is 1. The number of rotatable bonds is 10. The first-order chi connectivity index (χ1) is 12.3. The molecule has 1 aromatic rings. The molecule has 0 saturated heterocycles. The number of hydrogen-bond acceptors (Lipinski definition) is 4. The van der Waals surface area contributed by atoms with Crippen LogP contribution < -0.4 is 27.8 Å². The van der Waals surface area contributed by atoms with Crippen molar-refractivity contribution in [2.75, 3.05) is 6.54 Å². The summed E-state index contributed by atoms with van der Waals surface area (Å²) < 4.78 is 0. The first-order valence-electron chi connectivity index (χ1n) is 8.25. The Morgan fingerprint density at radius 1 is 1.04 bits per heavy atom. The Labute approximate surface area is 152 Å². The molecule has 0 spiro atoms. The van der Waals surface area contributed by atoms with Crippen molar-refractivity contribution >= 4 is 23.7 Å². The van der Waals surface area contributed by atoms with Crippen LogP contribution in [0.25, 0.3) is 0 Å². The van der Waals surface area contributed by atoms with Crippen LogP contribution in [0.5, 0.6) is 0 Å². The van der Waals surface area contributed by atoms with Gasteiger partial charge in [0.1, 0.15) is 12.1 Å². The average Bonchev–Trinajstić information content (AvgIpc) is 2.57. The molecule has 0 radical (unpaired) electrons. The second-order valence-electron chi connectivity index (χ2n) is 5.86. The molecule has 0 fully saturated rings. The van der Waals surface area contributed by atoms with Crippen LogP contribution in [-0.4, -0.2) is 42.3 Å². The molecule has 8 N–H and O–H groups in total. The number of hydrogen-bond donors (Lipinski definition) is 5. The van der Waals surface area contributed by atoms with Gasteiger partial charge >= 0.3 is 0 Å². The molecule has 2 atom stereocenters. The second kappa shape index (κ2) is 10.7. The number of nitrogens with one attached hydrogen (secondary N) is 2. The third kappa shape index (κ3) is 8.13. The van der Waals surface area contributed by atoms with E-state index in [4.69, 9.17) is 17.2 Å². The molecule has 0 aliphatic rings. The number of nitrogens with zero attached hydrogens (tertiary/aromatic N) is 1. The maximum atomic E-state index is 12.5. The third-order valence-corrected chi connectivity index (χ3v) is 3.58. The van der Waals surface area contributed by atoms with Crippen LogP contribution in [0.2, 0.25) is 0 Å². The molecular formula is C17H26N6O3. The van der Waals surface area contributed by atoms with E-state index in [9.17, 15) is 14.4 Å². The summed E-state index contributed by atoms with van der Waals surface area (Å²) in [6.45, 7) is 1.65. The molecule has 0 aliphatic carbocycles. The Kier molecular flexibility index (Phi) is 8.62. The zero-order valence-corrected chi connectivity index (χ0v) is 14.8. The standard InChI is InChI=1S/C17H26N6O3/c1-11(24)22-14(10-12-6-3-2-4-7-12)16(26)23-13(15(18)25)8-5-9-21-17(19)20/h2-4,6-7,13-14H,5,8-10H2,1H3,(H2,18,25)(H,22,24)(H,23,26)(H4,19,20,21)/t13-,14+/m0/s1. The minimum atomic E-state index is -0.872. The number of carbonyl (C=O) groups is 3. The highest BCUT2D eigenvalue weighted by Gasteiger charge is 2.25. The molecule has 9 nitrogen and oxygen atoms in total. The second-order valence-corrected chi connectivity index (χ2v) is 5.86. The van der Waals surface area contributed by atoms with E-state index in [2.05, 4.69) is 15.6 Å². The van der Waals surface area contributed by atoms with Crippen molar-refractivity contribution in [1.29, 1.82) is 0 Å². The Balaban J connectivity index is 2.72. The lowest BCUT2D eigenvalue weighted by Crippen LogP contribution is -2.53.